The number of ether oxygens (including phenoxy) is 1. The van der Waals surface area contributed by atoms with Gasteiger partial charge in [-0.15, -0.1) is 0 Å². The number of sulfonamides is 1. The van der Waals surface area contributed by atoms with Crippen molar-refractivity contribution in [2.24, 2.45) is 0 Å². The van der Waals surface area contributed by atoms with Crippen LogP contribution >= 0.6 is 0 Å². The first-order chi connectivity index (χ1) is 15.7. The minimum absolute atomic E-state index is 0.0337. The van der Waals surface area contributed by atoms with Gasteiger partial charge in [0.2, 0.25) is 21.7 Å². The maximum Gasteiger partial charge on any atom is 0.338 e. The zero-order chi connectivity index (χ0) is 24.0. The van der Waals surface area contributed by atoms with Crippen LogP contribution in [-0.2, 0) is 19.6 Å². The second kappa shape index (κ2) is 10.7. The van der Waals surface area contributed by atoms with Crippen LogP contribution in [0.5, 0.6) is 0 Å². The zero-order valence-corrected chi connectivity index (χ0v) is 19.6. The van der Waals surface area contributed by atoms with Gasteiger partial charge in [-0.25, -0.2) is 13.2 Å². The summed E-state index contributed by atoms with van der Waals surface area (Å²) in [5, 5.41) is 2.61. The predicted molar refractivity (Wildman–Crippen MR) is 124 cm³/mol. The lowest BCUT2D eigenvalue weighted by Gasteiger charge is -2.20. The van der Waals surface area contributed by atoms with Crippen LogP contribution in [0.1, 0.15) is 60.2 Å². The number of hydrogen-bond acceptors (Lipinski definition) is 6. The highest BCUT2D eigenvalue weighted by Crippen LogP contribution is 2.22. The first-order valence-corrected chi connectivity index (χ1v) is 12.4. The lowest BCUT2D eigenvalue weighted by molar-refractivity contribution is -0.114. The van der Waals surface area contributed by atoms with E-state index in [2.05, 4.69) is 5.32 Å². The van der Waals surface area contributed by atoms with Crippen molar-refractivity contribution in [1.29, 1.82) is 0 Å². The molecule has 0 aromatic heterocycles. The Labute approximate surface area is 194 Å². The molecule has 2 aromatic rings. The highest BCUT2D eigenvalue weighted by atomic mass is 32.2. The van der Waals surface area contributed by atoms with Crippen LogP contribution < -0.4 is 5.32 Å². The van der Waals surface area contributed by atoms with Crippen molar-refractivity contribution in [3.05, 3.63) is 59.7 Å². The van der Waals surface area contributed by atoms with E-state index in [1.165, 1.54) is 54.6 Å². The van der Waals surface area contributed by atoms with Crippen LogP contribution in [-0.4, -0.2) is 49.6 Å². The third-order valence-electron chi connectivity index (χ3n) is 5.42. The van der Waals surface area contributed by atoms with Crippen molar-refractivity contribution >= 4 is 33.4 Å². The van der Waals surface area contributed by atoms with Gasteiger partial charge in [-0.05, 0) is 62.2 Å². The molecule has 0 spiro atoms. The van der Waals surface area contributed by atoms with Gasteiger partial charge in [-0.3, -0.25) is 9.59 Å². The molecule has 1 unspecified atom stereocenters. The molecule has 0 aliphatic carbocycles. The minimum Gasteiger partial charge on any atom is -0.451 e. The quantitative estimate of drug-likeness (QED) is 0.487. The van der Waals surface area contributed by atoms with Crippen LogP contribution in [0.2, 0.25) is 0 Å². The van der Waals surface area contributed by atoms with Gasteiger partial charge in [-0.2, -0.15) is 4.31 Å². The minimum atomic E-state index is -3.71. The Morgan fingerprint density at radius 1 is 0.939 bits per heavy atom. The molecule has 1 atom stereocenters. The number of benzene rings is 2. The summed E-state index contributed by atoms with van der Waals surface area (Å²) in [6.45, 7) is 3.76. The van der Waals surface area contributed by atoms with E-state index in [1.807, 2.05) is 0 Å². The van der Waals surface area contributed by atoms with Crippen LogP contribution in [0, 0.1) is 0 Å². The lowest BCUT2D eigenvalue weighted by atomic mass is 10.1. The van der Waals surface area contributed by atoms with E-state index in [0.29, 0.717) is 24.3 Å². The average Bonchev–Trinajstić information content (AvgIpc) is 3.09. The number of nitrogens with one attached hydrogen (secondary N) is 1. The molecule has 33 heavy (non-hydrogen) atoms. The van der Waals surface area contributed by atoms with E-state index in [1.54, 1.807) is 12.1 Å². The second-order valence-corrected chi connectivity index (χ2v) is 9.95. The van der Waals surface area contributed by atoms with Gasteiger partial charge in [0.1, 0.15) is 0 Å². The van der Waals surface area contributed by atoms with E-state index in [4.69, 9.17) is 4.74 Å². The Kier molecular flexibility index (Phi) is 7.99. The normalized spacial score (nSPS) is 15.8. The third kappa shape index (κ3) is 6.27. The molecule has 0 saturated carbocycles. The van der Waals surface area contributed by atoms with Crippen molar-refractivity contribution in [3.63, 3.8) is 0 Å². The molecule has 176 valence electrons. The smallest absolute Gasteiger partial charge is 0.338 e. The first kappa shape index (κ1) is 24.6. The molecule has 1 amide bonds. The molecule has 1 aliphatic heterocycles. The standard InChI is InChI=1S/C24H28N2O6S/c1-17(23(28)19-10-12-21(13-11-19)25-18(2)27)32-24(29)20-8-7-9-22(16-20)33(30,31)26-14-5-3-4-6-15-26/h7-13,16-17H,3-6,14-15H2,1-2H3,(H,25,27). The molecule has 1 saturated heterocycles. The van der Waals surface area contributed by atoms with Crippen LogP contribution in [0.15, 0.2) is 53.4 Å². The number of esters is 1. The number of Topliss-reactive ketones (excluding diaryl/α,β-unsaturated/α-hetero) is 1. The SMILES string of the molecule is CC(=O)Nc1ccc(C(=O)C(C)OC(=O)c2cccc(S(=O)(=O)N3CCCCCC3)c2)cc1. The number of rotatable bonds is 7. The average molecular weight is 473 g/mol. The van der Waals surface area contributed by atoms with Gasteiger partial charge in [0.25, 0.3) is 0 Å². The van der Waals surface area contributed by atoms with Crippen molar-refractivity contribution < 1.29 is 27.5 Å². The van der Waals surface area contributed by atoms with Gasteiger partial charge in [0.15, 0.2) is 6.10 Å². The first-order valence-electron chi connectivity index (χ1n) is 10.9. The Balaban J connectivity index is 1.69. The topological polar surface area (TPSA) is 110 Å². The summed E-state index contributed by atoms with van der Waals surface area (Å²) in [7, 11) is -3.71. The van der Waals surface area contributed by atoms with Crippen molar-refractivity contribution in [1.82, 2.24) is 4.31 Å². The molecule has 9 heteroatoms. The van der Waals surface area contributed by atoms with E-state index in [0.717, 1.165) is 25.7 Å². The number of carbonyl (C=O) groups excluding carboxylic acids is 3. The molecule has 0 bridgehead atoms. The molecular formula is C24H28N2O6S. The van der Waals surface area contributed by atoms with Crippen LogP contribution in [0.3, 0.4) is 0 Å². The molecule has 1 aliphatic rings. The van der Waals surface area contributed by atoms with Gasteiger partial charge in [0.05, 0.1) is 10.5 Å². The summed E-state index contributed by atoms with van der Waals surface area (Å²) < 4.78 is 32.8. The number of amides is 1. The molecular weight excluding hydrogens is 444 g/mol. The van der Waals surface area contributed by atoms with Crippen LogP contribution in [0.25, 0.3) is 0 Å². The predicted octanol–water partition coefficient (Wildman–Crippen LogP) is 3.64. The Bertz CT molecular complexity index is 1120. The van der Waals surface area contributed by atoms with Gasteiger partial charge in [0, 0.05) is 31.3 Å². The lowest BCUT2D eigenvalue weighted by Crippen LogP contribution is -2.32. The van der Waals surface area contributed by atoms with Gasteiger partial charge in [-0.1, -0.05) is 18.9 Å². The molecule has 0 radical (unpaired) electrons. The van der Waals surface area contributed by atoms with Crippen molar-refractivity contribution in [2.45, 2.75) is 50.5 Å². The maximum absolute atomic E-state index is 13.0. The molecule has 2 aromatic carbocycles. The zero-order valence-electron chi connectivity index (χ0n) is 18.7. The largest absolute Gasteiger partial charge is 0.451 e. The van der Waals surface area contributed by atoms with Gasteiger partial charge >= 0.3 is 5.97 Å². The third-order valence-corrected chi connectivity index (χ3v) is 7.31. The Hall–Kier alpha value is -3.04. The van der Waals surface area contributed by atoms with Crippen molar-refractivity contribution in [3.8, 4) is 0 Å². The summed E-state index contributed by atoms with van der Waals surface area (Å²) in [5.74, 6) is -1.42. The summed E-state index contributed by atoms with van der Waals surface area (Å²) in [4.78, 5) is 36.4. The number of hydrogen-bond donors (Lipinski definition) is 1. The molecule has 3 rings (SSSR count). The fraction of sp³-hybridized carbons (Fsp3) is 0.375. The number of anilines is 1. The monoisotopic (exact) mass is 472 g/mol. The van der Waals surface area contributed by atoms with E-state index in [9.17, 15) is 22.8 Å². The molecule has 1 fully saturated rings. The molecule has 1 heterocycles. The van der Waals surface area contributed by atoms with Gasteiger partial charge < -0.3 is 10.1 Å². The second-order valence-electron chi connectivity index (χ2n) is 8.02. The summed E-state index contributed by atoms with van der Waals surface area (Å²) in [6, 6.07) is 11.9. The number of ketones is 1. The highest BCUT2D eigenvalue weighted by Gasteiger charge is 2.27. The fourth-order valence-electron chi connectivity index (χ4n) is 3.65. The highest BCUT2D eigenvalue weighted by molar-refractivity contribution is 7.89. The Morgan fingerprint density at radius 3 is 2.18 bits per heavy atom. The van der Waals surface area contributed by atoms with Crippen LogP contribution in [0.4, 0.5) is 5.69 Å². The number of nitrogens with zero attached hydrogens (tertiary/aromatic N) is 1. The summed E-state index contributed by atoms with van der Waals surface area (Å²) in [6.07, 6.45) is 2.55. The summed E-state index contributed by atoms with van der Waals surface area (Å²) in [5.41, 5.74) is 0.930. The summed E-state index contributed by atoms with van der Waals surface area (Å²) >= 11 is 0. The fourth-order valence-corrected chi connectivity index (χ4v) is 5.22. The number of carbonyl (C=O) groups is 3. The van der Waals surface area contributed by atoms with E-state index >= 15 is 0 Å². The molecule has 8 nitrogen and oxygen atoms in total. The van der Waals surface area contributed by atoms with E-state index < -0.39 is 27.9 Å². The van der Waals surface area contributed by atoms with E-state index in [-0.39, 0.29) is 16.4 Å². The van der Waals surface area contributed by atoms with Crippen molar-refractivity contribution in [2.75, 3.05) is 18.4 Å². The maximum atomic E-state index is 13.0. The molecule has 1 N–H and O–H groups in total. The Morgan fingerprint density at radius 2 is 1.58 bits per heavy atom.